The van der Waals surface area contributed by atoms with Crippen LogP contribution >= 0.6 is 0 Å². The van der Waals surface area contributed by atoms with Gasteiger partial charge < -0.3 is 38.8 Å². The average molecular weight is 641 g/mol. The van der Waals surface area contributed by atoms with Crippen molar-refractivity contribution in [3.63, 3.8) is 0 Å². The Kier molecular flexibility index (Phi) is 13.0. The molecule has 0 radical (unpaired) electrons. The van der Waals surface area contributed by atoms with E-state index in [-0.39, 0.29) is 42.4 Å². The van der Waals surface area contributed by atoms with Crippen molar-refractivity contribution < 1.29 is 38.4 Å². The first-order valence-corrected chi connectivity index (χ1v) is 16.5. The molecule has 0 aromatic rings. The Bertz CT molecular complexity index is 1020. The Morgan fingerprint density at radius 2 is 1.76 bits per heavy atom. The zero-order chi connectivity index (χ0) is 33.9. The molecule has 12 heteroatoms. The highest BCUT2D eigenvalue weighted by Crippen LogP contribution is 2.38. The third kappa shape index (κ3) is 8.63. The van der Waals surface area contributed by atoms with Crippen molar-refractivity contribution in [1.29, 1.82) is 0 Å². The Morgan fingerprint density at radius 3 is 2.31 bits per heavy atom. The second-order valence-corrected chi connectivity index (χ2v) is 14.6. The SMILES string of the molecule is CCN1CCC[C@@](C)(OC)[C@H](O[C@@H]2O[C@H](C)C[C@H](N(C)C)[C@H]2O)[C@@H](C)C(=O)C(C)(C)C(=O)OCC1C1CN(C(=O)CN(C)C)C1. The summed E-state index contributed by atoms with van der Waals surface area (Å²) in [6, 6.07) is -0.280. The summed E-state index contributed by atoms with van der Waals surface area (Å²) in [5, 5.41) is 11.3. The van der Waals surface area contributed by atoms with Crippen LogP contribution in [-0.2, 0) is 33.3 Å². The number of likely N-dealkylation sites (N-methyl/N-ethyl adjacent to an activating group) is 3. The molecule has 0 spiro atoms. The molecule has 3 saturated heterocycles. The third-order valence-corrected chi connectivity index (χ3v) is 10.3. The largest absolute Gasteiger partial charge is 0.463 e. The highest BCUT2D eigenvalue weighted by atomic mass is 16.7. The first kappa shape index (κ1) is 37.8. The van der Waals surface area contributed by atoms with E-state index in [4.69, 9.17) is 18.9 Å². The van der Waals surface area contributed by atoms with Crippen molar-refractivity contribution in [3.05, 3.63) is 0 Å². The summed E-state index contributed by atoms with van der Waals surface area (Å²) in [6.45, 7) is 14.1. The molecule has 8 atom stereocenters. The summed E-state index contributed by atoms with van der Waals surface area (Å²) in [7, 11) is 9.19. The van der Waals surface area contributed by atoms with E-state index in [1.807, 2.05) is 56.7 Å². The van der Waals surface area contributed by atoms with Crippen LogP contribution < -0.4 is 0 Å². The highest BCUT2D eigenvalue weighted by molar-refractivity contribution is 6.04. The summed E-state index contributed by atoms with van der Waals surface area (Å²) in [4.78, 5) is 48.4. The molecule has 3 heterocycles. The van der Waals surface area contributed by atoms with Crippen molar-refractivity contribution in [2.24, 2.45) is 17.3 Å². The lowest BCUT2D eigenvalue weighted by molar-refractivity contribution is -0.295. The Hall–Kier alpha value is -1.67. The number of esters is 1. The number of rotatable bonds is 8. The summed E-state index contributed by atoms with van der Waals surface area (Å²) in [5.41, 5.74) is -2.38. The minimum absolute atomic E-state index is 0.0851. The standard InChI is InChI=1S/C33H60N4O8/c1-12-36-15-13-14-33(6,42-11)29(45-30-27(39)24(35(9)10)16-21(2)44-30)22(3)28(40)32(4,5)31(41)43-20-25(36)23-17-37(18-23)26(38)19-34(7)8/h21-25,27,29-30,39H,12-20H2,1-11H3/t21-,22+,24+,25?,27-,29-,30+,33-/m1/s1. The molecule has 3 aliphatic rings. The van der Waals surface area contributed by atoms with E-state index >= 15 is 0 Å². The molecule has 0 aliphatic carbocycles. The van der Waals surface area contributed by atoms with Crippen LogP contribution in [0.25, 0.3) is 0 Å². The first-order chi connectivity index (χ1) is 21.0. The van der Waals surface area contributed by atoms with Gasteiger partial charge in [-0.3, -0.25) is 19.3 Å². The lowest BCUT2D eigenvalue weighted by Crippen LogP contribution is -2.61. The van der Waals surface area contributed by atoms with Gasteiger partial charge in [-0.15, -0.1) is 0 Å². The van der Waals surface area contributed by atoms with Crippen LogP contribution in [0, 0.1) is 17.3 Å². The van der Waals surface area contributed by atoms with Crippen LogP contribution in [-0.4, -0.2) is 159 Å². The van der Waals surface area contributed by atoms with Crippen LogP contribution in [0.15, 0.2) is 0 Å². The number of ketones is 1. The smallest absolute Gasteiger partial charge is 0.319 e. The topological polar surface area (TPSA) is 121 Å². The number of aliphatic hydroxyl groups excluding tert-OH is 1. The second kappa shape index (κ2) is 15.5. The van der Waals surface area contributed by atoms with Gasteiger partial charge in [0, 0.05) is 38.1 Å². The van der Waals surface area contributed by atoms with E-state index in [1.165, 1.54) is 0 Å². The molecule has 260 valence electrons. The molecule has 3 fully saturated rings. The van der Waals surface area contributed by atoms with Crippen molar-refractivity contribution in [1.82, 2.24) is 19.6 Å². The number of hydrogen-bond donors (Lipinski definition) is 1. The average Bonchev–Trinajstić information content (AvgIpc) is 2.94. The molecule has 0 aromatic carbocycles. The number of carbonyl (C=O) groups excluding carboxylic acids is 3. The molecule has 12 nitrogen and oxygen atoms in total. The Morgan fingerprint density at radius 1 is 1.11 bits per heavy atom. The molecule has 3 aliphatic heterocycles. The van der Waals surface area contributed by atoms with Gasteiger partial charge in [0.05, 0.1) is 30.4 Å². The van der Waals surface area contributed by atoms with Crippen LogP contribution in [0.1, 0.15) is 60.8 Å². The van der Waals surface area contributed by atoms with E-state index in [2.05, 4.69) is 11.8 Å². The molecule has 0 aromatic heterocycles. The fourth-order valence-corrected chi connectivity index (χ4v) is 7.16. The fraction of sp³-hybridized carbons (Fsp3) is 0.909. The molecule has 0 saturated carbocycles. The van der Waals surface area contributed by atoms with Crippen molar-refractivity contribution in [2.75, 3.05) is 74.6 Å². The quantitative estimate of drug-likeness (QED) is 0.307. The summed E-state index contributed by atoms with van der Waals surface area (Å²) >= 11 is 0. The van der Waals surface area contributed by atoms with E-state index in [0.29, 0.717) is 39.0 Å². The Labute approximate surface area is 270 Å². The van der Waals surface area contributed by atoms with Gasteiger partial charge >= 0.3 is 5.97 Å². The van der Waals surface area contributed by atoms with Gasteiger partial charge in [-0.05, 0) is 88.2 Å². The van der Waals surface area contributed by atoms with E-state index < -0.39 is 41.4 Å². The Balaban J connectivity index is 1.91. The summed E-state index contributed by atoms with van der Waals surface area (Å²) < 4.78 is 24.8. The van der Waals surface area contributed by atoms with Crippen molar-refractivity contribution >= 4 is 17.7 Å². The number of methoxy groups -OCH3 is 1. The zero-order valence-electron chi connectivity index (χ0n) is 29.6. The zero-order valence-corrected chi connectivity index (χ0v) is 29.6. The van der Waals surface area contributed by atoms with Crippen LogP contribution in [0.4, 0.5) is 0 Å². The number of Topliss-reactive ketones (excluding diaryl/α,β-unsaturated/α-hetero) is 1. The maximum atomic E-state index is 14.2. The molecule has 1 amide bonds. The van der Waals surface area contributed by atoms with Gasteiger partial charge in [-0.2, -0.15) is 0 Å². The third-order valence-electron chi connectivity index (χ3n) is 10.3. The first-order valence-electron chi connectivity index (χ1n) is 16.5. The predicted octanol–water partition coefficient (Wildman–Crippen LogP) is 1.48. The molecule has 45 heavy (non-hydrogen) atoms. The number of carbonyl (C=O) groups is 3. The van der Waals surface area contributed by atoms with Gasteiger partial charge in [-0.1, -0.05) is 13.8 Å². The second-order valence-electron chi connectivity index (χ2n) is 14.6. The number of ether oxygens (including phenoxy) is 4. The van der Waals surface area contributed by atoms with Gasteiger partial charge in [0.25, 0.3) is 0 Å². The van der Waals surface area contributed by atoms with Crippen molar-refractivity contribution in [2.45, 2.75) is 103 Å². The molecular formula is C33H60N4O8. The van der Waals surface area contributed by atoms with Crippen molar-refractivity contribution in [3.8, 4) is 0 Å². The number of nitrogens with zero attached hydrogens (tertiary/aromatic N) is 4. The molecule has 1 unspecified atom stereocenters. The maximum Gasteiger partial charge on any atom is 0.319 e. The fourth-order valence-electron chi connectivity index (χ4n) is 7.16. The number of hydrogen-bond acceptors (Lipinski definition) is 11. The monoisotopic (exact) mass is 640 g/mol. The van der Waals surface area contributed by atoms with Crippen LogP contribution in [0.3, 0.4) is 0 Å². The molecular weight excluding hydrogens is 580 g/mol. The van der Waals surface area contributed by atoms with Gasteiger partial charge in [0.15, 0.2) is 12.1 Å². The van der Waals surface area contributed by atoms with Crippen LogP contribution in [0.5, 0.6) is 0 Å². The predicted molar refractivity (Wildman–Crippen MR) is 171 cm³/mol. The van der Waals surface area contributed by atoms with E-state index in [9.17, 15) is 19.5 Å². The number of aliphatic hydroxyl groups is 1. The van der Waals surface area contributed by atoms with Gasteiger partial charge in [-0.25, -0.2) is 0 Å². The van der Waals surface area contributed by atoms with Gasteiger partial charge in [0.2, 0.25) is 5.91 Å². The summed E-state index contributed by atoms with van der Waals surface area (Å²) in [5.74, 6) is -1.46. The lowest BCUT2D eigenvalue weighted by atomic mass is 9.75. The molecule has 1 N–H and O–H groups in total. The van der Waals surface area contributed by atoms with E-state index in [0.717, 1.165) is 13.0 Å². The highest BCUT2D eigenvalue weighted by Gasteiger charge is 2.51. The number of cyclic esters (lactones) is 1. The maximum absolute atomic E-state index is 14.2. The van der Waals surface area contributed by atoms with Crippen LogP contribution in [0.2, 0.25) is 0 Å². The normalized spacial score (nSPS) is 36.2. The van der Waals surface area contributed by atoms with E-state index in [1.54, 1.807) is 27.9 Å². The number of amides is 1. The number of likely N-dealkylation sites (tertiary alicyclic amines) is 1. The minimum Gasteiger partial charge on any atom is -0.463 e. The molecule has 0 bridgehead atoms. The minimum atomic E-state index is -1.45. The molecule has 3 rings (SSSR count). The lowest BCUT2D eigenvalue weighted by Gasteiger charge is -2.47. The van der Waals surface area contributed by atoms with Gasteiger partial charge in [0.1, 0.15) is 18.1 Å². The summed E-state index contributed by atoms with van der Waals surface area (Å²) in [6.07, 6.45) is -0.956.